The molecule has 1 aliphatic heterocycles. The summed E-state index contributed by atoms with van der Waals surface area (Å²) in [6.07, 6.45) is 2.86. The fourth-order valence-corrected chi connectivity index (χ4v) is 2.31. The summed E-state index contributed by atoms with van der Waals surface area (Å²) in [4.78, 5) is 11.7. The van der Waals surface area contributed by atoms with Crippen molar-refractivity contribution in [2.24, 2.45) is 11.8 Å². The van der Waals surface area contributed by atoms with Crippen molar-refractivity contribution >= 4 is 5.91 Å². The Hall–Kier alpha value is -1.36. The van der Waals surface area contributed by atoms with Crippen molar-refractivity contribution in [3.8, 4) is 0 Å². The number of hydrogen-bond donors (Lipinski definition) is 2. The van der Waals surface area contributed by atoms with E-state index in [2.05, 4.69) is 29.4 Å². The quantitative estimate of drug-likeness (QED) is 0.827. The number of nitrogens with zero attached hydrogens (tertiary/aromatic N) is 1. The van der Waals surface area contributed by atoms with Crippen LogP contribution in [0.15, 0.2) is 12.3 Å². The van der Waals surface area contributed by atoms with E-state index in [0.29, 0.717) is 24.1 Å². The van der Waals surface area contributed by atoms with Crippen molar-refractivity contribution in [3.63, 3.8) is 0 Å². The number of aromatic nitrogens is 2. The number of hydrogen-bond acceptors (Lipinski definition) is 3. The number of H-pyrrole nitrogens is 1. The minimum atomic E-state index is -0.100. The van der Waals surface area contributed by atoms with Gasteiger partial charge in [0.15, 0.2) is 0 Å². The van der Waals surface area contributed by atoms with Gasteiger partial charge >= 0.3 is 0 Å². The van der Waals surface area contributed by atoms with E-state index in [0.717, 1.165) is 13.0 Å². The summed E-state index contributed by atoms with van der Waals surface area (Å²) in [6, 6.07) is 1.67. The lowest BCUT2D eigenvalue weighted by atomic mass is 9.93. The van der Waals surface area contributed by atoms with Gasteiger partial charge in [0.25, 0.3) is 5.91 Å². The van der Waals surface area contributed by atoms with Crippen LogP contribution in [0.3, 0.4) is 0 Å². The van der Waals surface area contributed by atoms with Crippen LogP contribution in [0.1, 0.15) is 30.8 Å². The van der Waals surface area contributed by atoms with Crippen molar-refractivity contribution in [2.45, 2.75) is 26.4 Å². The molecule has 0 saturated carbocycles. The molecule has 0 bridgehead atoms. The van der Waals surface area contributed by atoms with E-state index in [9.17, 15) is 4.79 Å². The molecular formula is C12H19N3O2. The van der Waals surface area contributed by atoms with Gasteiger partial charge in [-0.3, -0.25) is 9.89 Å². The van der Waals surface area contributed by atoms with Gasteiger partial charge in [0.2, 0.25) is 0 Å². The number of carbonyl (C=O) groups is 1. The number of nitrogens with one attached hydrogen (secondary N) is 2. The highest BCUT2D eigenvalue weighted by molar-refractivity contribution is 5.92. The topological polar surface area (TPSA) is 67.0 Å². The molecule has 0 spiro atoms. The molecule has 0 aromatic carbocycles. The Morgan fingerprint density at radius 2 is 2.53 bits per heavy atom. The van der Waals surface area contributed by atoms with E-state index in [4.69, 9.17) is 4.74 Å². The molecule has 94 valence electrons. The maximum Gasteiger partial charge on any atom is 0.269 e. The third-order valence-corrected chi connectivity index (χ3v) is 3.19. The average Bonchev–Trinajstić information content (AvgIpc) is 2.96. The van der Waals surface area contributed by atoms with Crippen LogP contribution in [0.5, 0.6) is 0 Å². The largest absolute Gasteiger partial charge is 0.378 e. The van der Waals surface area contributed by atoms with E-state index < -0.39 is 0 Å². The molecule has 1 fully saturated rings. The van der Waals surface area contributed by atoms with Gasteiger partial charge in [-0.15, -0.1) is 0 Å². The first-order valence-corrected chi connectivity index (χ1v) is 6.07. The molecule has 1 aromatic rings. The minimum Gasteiger partial charge on any atom is -0.378 e. The van der Waals surface area contributed by atoms with E-state index in [1.807, 2.05) is 0 Å². The fourth-order valence-electron chi connectivity index (χ4n) is 2.31. The summed E-state index contributed by atoms with van der Waals surface area (Å²) >= 11 is 0. The number of amides is 1. The van der Waals surface area contributed by atoms with E-state index in [-0.39, 0.29) is 12.0 Å². The lowest BCUT2D eigenvalue weighted by Crippen LogP contribution is -2.35. The summed E-state index contributed by atoms with van der Waals surface area (Å²) in [5.74, 6) is 0.810. The molecule has 0 aliphatic carbocycles. The van der Waals surface area contributed by atoms with Gasteiger partial charge in [-0.25, -0.2) is 0 Å². The van der Waals surface area contributed by atoms with Crippen LogP contribution in [-0.4, -0.2) is 35.4 Å². The molecule has 1 aliphatic rings. The van der Waals surface area contributed by atoms with E-state index in [1.165, 1.54) is 0 Å². The third kappa shape index (κ3) is 2.85. The van der Waals surface area contributed by atoms with Gasteiger partial charge in [-0.1, -0.05) is 13.8 Å². The maximum atomic E-state index is 11.7. The standard InChI is InChI=1S/C12H19N3O2/c1-8(2)11-9(4-6-17-11)7-13-12(16)10-3-5-14-15-10/h3,5,8-9,11H,4,6-7H2,1-2H3,(H,13,16)(H,14,15)/t9-,11-/m1/s1. The second-order valence-electron chi connectivity index (χ2n) is 4.81. The first kappa shape index (κ1) is 12.1. The van der Waals surface area contributed by atoms with Crippen LogP contribution < -0.4 is 5.32 Å². The summed E-state index contributed by atoms with van der Waals surface area (Å²) in [5, 5.41) is 9.33. The van der Waals surface area contributed by atoms with Crippen LogP contribution in [0.25, 0.3) is 0 Å². The fraction of sp³-hybridized carbons (Fsp3) is 0.667. The minimum absolute atomic E-state index is 0.100. The normalized spacial score (nSPS) is 24.2. The number of carbonyl (C=O) groups excluding carboxylic acids is 1. The van der Waals surface area contributed by atoms with Gasteiger partial charge in [-0.05, 0) is 18.4 Å². The predicted octanol–water partition coefficient (Wildman–Crippen LogP) is 1.20. The van der Waals surface area contributed by atoms with Crippen LogP contribution in [0.2, 0.25) is 0 Å². The van der Waals surface area contributed by atoms with Gasteiger partial charge < -0.3 is 10.1 Å². The van der Waals surface area contributed by atoms with Crippen molar-refractivity contribution in [1.29, 1.82) is 0 Å². The molecule has 1 saturated heterocycles. The van der Waals surface area contributed by atoms with Crippen molar-refractivity contribution in [1.82, 2.24) is 15.5 Å². The van der Waals surface area contributed by atoms with Gasteiger partial charge in [-0.2, -0.15) is 5.10 Å². The second-order valence-corrected chi connectivity index (χ2v) is 4.81. The van der Waals surface area contributed by atoms with E-state index >= 15 is 0 Å². The predicted molar refractivity (Wildman–Crippen MR) is 63.6 cm³/mol. The van der Waals surface area contributed by atoms with Crippen molar-refractivity contribution in [3.05, 3.63) is 18.0 Å². The van der Waals surface area contributed by atoms with Crippen LogP contribution >= 0.6 is 0 Å². The monoisotopic (exact) mass is 237 g/mol. The third-order valence-electron chi connectivity index (χ3n) is 3.19. The molecular weight excluding hydrogens is 218 g/mol. The Morgan fingerprint density at radius 3 is 3.18 bits per heavy atom. The smallest absolute Gasteiger partial charge is 0.269 e. The highest BCUT2D eigenvalue weighted by Crippen LogP contribution is 2.26. The zero-order valence-corrected chi connectivity index (χ0v) is 10.3. The van der Waals surface area contributed by atoms with Gasteiger partial charge in [0.1, 0.15) is 5.69 Å². The van der Waals surface area contributed by atoms with Crippen LogP contribution in [0.4, 0.5) is 0 Å². The SMILES string of the molecule is CC(C)[C@H]1OCC[C@@H]1CNC(=O)c1ccn[nH]1. The Labute approximate surface area is 101 Å². The van der Waals surface area contributed by atoms with Crippen LogP contribution in [0, 0.1) is 11.8 Å². The molecule has 5 nitrogen and oxygen atoms in total. The summed E-state index contributed by atoms with van der Waals surface area (Å²) in [7, 11) is 0. The molecule has 0 radical (unpaired) electrons. The van der Waals surface area contributed by atoms with Crippen molar-refractivity contribution < 1.29 is 9.53 Å². The van der Waals surface area contributed by atoms with Gasteiger partial charge in [0, 0.05) is 25.3 Å². The number of aromatic amines is 1. The second kappa shape index (κ2) is 5.31. The maximum absolute atomic E-state index is 11.7. The van der Waals surface area contributed by atoms with Crippen LogP contribution in [-0.2, 0) is 4.74 Å². The Kier molecular flexibility index (Phi) is 3.78. The molecule has 0 unspecified atom stereocenters. The zero-order chi connectivity index (χ0) is 12.3. The Balaban J connectivity index is 1.84. The molecule has 2 atom stereocenters. The average molecular weight is 237 g/mol. The molecule has 2 rings (SSSR count). The molecule has 5 heteroatoms. The first-order chi connectivity index (χ1) is 8.18. The zero-order valence-electron chi connectivity index (χ0n) is 10.3. The number of rotatable bonds is 4. The highest BCUT2D eigenvalue weighted by atomic mass is 16.5. The lowest BCUT2D eigenvalue weighted by Gasteiger charge is -2.22. The molecule has 2 N–H and O–H groups in total. The summed E-state index contributed by atoms with van der Waals surface area (Å²) in [6.45, 7) is 5.77. The summed E-state index contributed by atoms with van der Waals surface area (Å²) < 4.78 is 5.68. The van der Waals surface area contributed by atoms with Crippen molar-refractivity contribution in [2.75, 3.05) is 13.2 Å². The molecule has 1 amide bonds. The van der Waals surface area contributed by atoms with Gasteiger partial charge in [0.05, 0.1) is 6.10 Å². The molecule has 1 aromatic heterocycles. The Morgan fingerprint density at radius 1 is 1.71 bits per heavy atom. The summed E-state index contributed by atoms with van der Waals surface area (Å²) in [5.41, 5.74) is 0.505. The molecule has 17 heavy (non-hydrogen) atoms. The highest BCUT2D eigenvalue weighted by Gasteiger charge is 2.30. The molecule has 2 heterocycles. The number of ether oxygens (including phenoxy) is 1. The Bertz CT molecular complexity index is 362. The first-order valence-electron chi connectivity index (χ1n) is 6.07. The van der Waals surface area contributed by atoms with E-state index in [1.54, 1.807) is 12.3 Å². The lowest BCUT2D eigenvalue weighted by molar-refractivity contribution is 0.0533.